The zero-order valence-corrected chi connectivity index (χ0v) is 17.5. The van der Waals surface area contributed by atoms with Gasteiger partial charge in [-0.15, -0.1) is 0 Å². The number of carbonyl (C=O) groups excluding carboxylic acids is 2. The van der Waals surface area contributed by atoms with Crippen molar-refractivity contribution in [2.75, 3.05) is 5.32 Å². The molecular weight excluding hydrogens is 404 g/mol. The molecule has 7 heteroatoms. The number of hydrogen-bond donors (Lipinski definition) is 2. The van der Waals surface area contributed by atoms with Gasteiger partial charge < -0.3 is 15.1 Å². The number of nitrogens with one attached hydrogen (secondary N) is 2. The summed E-state index contributed by atoms with van der Waals surface area (Å²) in [7, 11) is 0. The lowest BCUT2D eigenvalue weighted by molar-refractivity contribution is -0.116. The Kier molecular flexibility index (Phi) is 5.15. The summed E-state index contributed by atoms with van der Waals surface area (Å²) in [5, 5.41) is 6.20. The first kappa shape index (κ1) is 19.9. The monoisotopic (exact) mass is 426 g/mol. The minimum Gasteiger partial charge on any atom is -0.469 e. The van der Waals surface area contributed by atoms with Crippen molar-refractivity contribution in [1.82, 2.24) is 15.3 Å². The highest BCUT2D eigenvalue weighted by Gasteiger charge is 2.42. The summed E-state index contributed by atoms with van der Waals surface area (Å²) in [5.41, 5.74) is 3.25. The van der Waals surface area contributed by atoms with Crippen molar-refractivity contribution in [2.45, 2.75) is 31.6 Å². The summed E-state index contributed by atoms with van der Waals surface area (Å²) in [5.74, 6) is 0.334. The molecule has 0 unspecified atom stereocenters. The molecule has 7 nitrogen and oxygen atoms in total. The normalized spacial score (nSPS) is 20.6. The fraction of sp³-hybridized carbons (Fsp3) is 0.200. The van der Waals surface area contributed by atoms with E-state index in [9.17, 15) is 9.59 Å². The highest BCUT2D eigenvalue weighted by atomic mass is 16.3. The van der Waals surface area contributed by atoms with Crippen LogP contribution >= 0.6 is 0 Å². The average Bonchev–Trinajstić information content (AvgIpc) is 3.34. The zero-order valence-electron chi connectivity index (χ0n) is 17.5. The van der Waals surface area contributed by atoms with Gasteiger partial charge in [0, 0.05) is 47.3 Å². The highest BCUT2D eigenvalue weighted by Crippen LogP contribution is 2.45. The zero-order chi connectivity index (χ0) is 22.1. The lowest BCUT2D eigenvalue weighted by Crippen LogP contribution is -2.37. The third kappa shape index (κ3) is 3.62. The van der Waals surface area contributed by atoms with E-state index < -0.39 is 5.92 Å². The topological polar surface area (TPSA) is 97.1 Å². The number of ketones is 1. The van der Waals surface area contributed by atoms with Crippen LogP contribution in [0.15, 0.2) is 94.1 Å². The number of carbonyl (C=O) groups is 2. The molecule has 1 amide bonds. The Balaban J connectivity index is 1.56. The van der Waals surface area contributed by atoms with E-state index in [1.54, 1.807) is 36.9 Å². The van der Waals surface area contributed by atoms with E-state index in [4.69, 9.17) is 4.42 Å². The highest BCUT2D eigenvalue weighted by molar-refractivity contribution is 6.09. The SMILES string of the molecule is CC1=C(C(=O)Nc2ccccn2)[C@H](c2ccccn2)C2=C(C[C@@H](c3ccco3)CC2=O)N1. The number of allylic oxidation sites excluding steroid dienone is 3. The number of rotatable bonds is 4. The van der Waals surface area contributed by atoms with E-state index in [1.807, 2.05) is 37.3 Å². The third-order valence-electron chi connectivity index (χ3n) is 5.91. The Hall–Kier alpha value is -4.00. The predicted molar refractivity (Wildman–Crippen MR) is 118 cm³/mol. The largest absolute Gasteiger partial charge is 0.469 e. The average molecular weight is 426 g/mol. The molecule has 3 aromatic heterocycles. The van der Waals surface area contributed by atoms with Crippen LogP contribution in [0.4, 0.5) is 5.82 Å². The molecule has 2 aliphatic rings. The van der Waals surface area contributed by atoms with Crippen molar-refractivity contribution in [3.8, 4) is 0 Å². The van der Waals surface area contributed by atoms with Gasteiger partial charge in [-0.05, 0) is 49.7 Å². The molecule has 0 radical (unpaired) electrons. The number of anilines is 1. The van der Waals surface area contributed by atoms with Gasteiger partial charge in [-0.2, -0.15) is 0 Å². The van der Waals surface area contributed by atoms with Crippen LogP contribution in [0.25, 0.3) is 0 Å². The summed E-state index contributed by atoms with van der Waals surface area (Å²) in [6.07, 6.45) is 5.88. The summed E-state index contributed by atoms with van der Waals surface area (Å²) in [6, 6.07) is 14.6. The van der Waals surface area contributed by atoms with Crippen LogP contribution in [-0.4, -0.2) is 21.7 Å². The first-order valence-corrected chi connectivity index (χ1v) is 10.5. The van der Waals surface area contributed by atoms with E-state index in [2.05, 4.69) is 20.6 Å². The Morgan fingerprint density at radius 3 is 2.56 bits per heavy atom. The molecular formula is C25H22N4O3. The third-order valence-corrected chi connectivity index (χ3v) is 5.91. The maximum Gasteiger partial charge on any atom is 0.255 e. The van der Waals surface area contributed by atoms with Crippen LogP contribution in [-0.2, 0) is 9.59 Å². The standard InChI is InChI=1S/C25H22N4O3/c1-15-22(25(31)29-21-9-3-5-11-27-21)24(17-7-2-4-10-26-17)23-18(28-15)13-16(14-19(23)30)20-8-6-12-32-20/h2-12,16,24,28H,13-14H2,1H3,(H,27,29,31)/t16-,24+/m1/s1. The Morgan fingerprint density at radius 2 is 1.88 bits per heavy atom. The molecule has 32 heavy (non-hydrogen) atoms. The number of dihydropyridines is 1. The van der Waals surface area contributed by atoms with E-state index in [1.165, 1.54) is 0 Å². The second-order valence-electron chi connectivity index (χ2n) is 7.96. The van der Waals surface area contributed by atoms with Gasteiger partial charge in [-0.25, -0.2) is 4.98 Å². The van der Waals surface area contributed by atoms with Gasteiger partial charge in [0.15, 0.2) is 5.78 Å². The molecule has 2 N–H and O–H groups in total. The molecule has 5 rings (SSSR count). The van der Waals surface area contributed by atoms with Crippen LogP contribution in [0.3, 0.4) is 0 Å². The van der Waals surface area contributed by atoms with Gasteiger partial charge in [0.2, 0.25) is 0 Å². The number of pyridine rings is 2. The molecule has 0 spiro atoms. The molecule has 2 atom stereocenters. The van der Waals surface area contributed by atoms with Crippen LogP contribution in [0.1, 0.15) is 43.1 Å². The number of furan rings is 1. The minimum absolute atomic E-state index is 0.00793. The maximum atomic E-state index is 13.4. The number of Topliss-reactive ketones (excluding diaryl/α,β-unsaturated/α-hetero) is 1. The van der Waals surface area contributed by atoms with Gasteiger partial charge >= 0.3 is 0 Å². The Morgan fingerprint density at radius 1 is 1.06 bits per heavy atom. The molecule has 1 aliphatic carbocycles. The second kappa shape index (κ2) is 8.26. The predicted octanol–water partition coefficient (Wildman–Crippen LogP) is 4.07. The van der Waals surface area contributed by atoms with Gasteiger partial charge in [-0.3, -0.25) is 14.6 Å². The molecule has 1 aliphatic heterocycles. The van der Waals surface area contributed by atoms with Crippen LogP contribution < -0.4 is 10.6 Å². The van der Waals surface area contributed by atoms with Gasteiger partial charge in [0.1, 0.15) is 11.6 Å². The van der Waals surface area contributed by atoms with E-state index in [0.29, 0.717) is 41.2 Å². The Bertz CT molecular complexity index is 1210. The number of aromatic nitrogens is 2. The number of amides is 1. The summed E-state index contributed by atoms with van der Waals surface area (Å²) < 4.78 is 5.57. The minimum atomic E-state index is -0.554. The number of nitrogens with zero attached hydrogens (tertiary/aromatic N) is 2. The quantitative estimate of drug-likeness (QED) is 0.653. The lowest BCUT2D eigenvalue weighted by Gasteiger charge is -2.36. The second-order valence-corrected chi connectivity index (χ2v) is 7.96. The molecule has 0 fully saturated rings. The van der Waals surface area contributed by atoms with Crippen molar-refractivity contribution < 1.29 is 14.0 Å². The van der Waals surface area contributed by atoms with Crippen molar-refractivity contribution in [3.63, 3.8) is 0 Å². The summed E-state index contributed by atoms with van der Waals surface area (Å²) in [4.78, 5) is 35.5. The fourth-order valence-electron chi connectivity index (χ4n) is 4.53. The smallest absolute Gasteiger partial charge is 0.255 e. The van der Waals surface area contributed by atoms with E-state index in [-0.39, 0.29) is 17.6 Å². The summed E-state index contributed by atoms with van der Waals surface area (Å²) in [6.45, 7) is 1.86. The van der Waals surface area contributed by atoms with Crippen molar-refractivity contribution in [2.24, 2.45) is 0 Å². The van der Waals surface area contributed by atoms with E-state index >= 15 is 0 Å². The van der Waals surface area contributed by atoms with Gasteiger partial charge in [0.25, 0.3) is 5.91 Å². The van der Waals surface area contributed by atoms with E-state index in [0.717, 1.165) is 11.5 Å². The number of hydrogen-bond acceptors (Lipinski definition) is 6. The lowest BCUT2D eigenvalue weighted by atomic mass is 9.73. The fourth-order valence-corrected chi connectivity index (χ4v) is 4.53. The van der Waals surface area contributed by atoms with Crippen molar-refractivity contribution in [1.29, 1.82) is 0 Å². The molecule has 0 saturated carbocycles. The van der Waals surface area contributed by atoms with Crippen LogP contribution in [0, 0.1) is 0 Å². The first-order chi connectivity index (χ1) is 15.6. The maximum absolute atomic E-state index is 13.4. The van der Waals surface area contributed by atoms with Crippen molar-refractivity contribution in [3.05, 3.63) is 101 Å². The van der Waals surface area contributed by atoms with Crippen LogP contribution in [0.2, 0.25) is 0 Å². The molecule has 4 heterocycles. The molecule has 3 aromatic rings. The van der Waals surface area contributed by atoms with Gasteiger partial charge in [0.05, 0.1) is 17.9 Å². The molecule has 0 bridgehead atoms. The molecule has 0 saturated heterocycles. The van der Waals surface area contributed by atoms with Gasteiger partial charge in [-0.1, -0.05) is 12.1 Å². The Labute approximate surface area is 185 Å². The van der Waals surface area contributed by atoms with Crippen LogP contribution in [0.5, 0.6) is 0 Å². The van der Waals surface area contributed by atoms with Crippen molar-refractivity contribution >= 4 is 17.5 Å². The molecule has 160 valence electrons. The summed E-state index contributed by atoms with van der Waals surface area (Å²) >= 11 is 0. The molecule has 0 aromatic carbocycles. The first-order valence-electron chi connectivity index (χ1n) is 10.5.